The maximum atomic E-state index is 12.3. The summed E-state index contributed by atoms with van der Waals surface area (Å²) in [5.74, 6) is 1.35. The number of methoxy groups -OCH3 is 3. The summed E-state index contributed by atoms with van der Waals surface area (Å²) in [6.07, 6.45) is 4.91. The van der Waals surface area contributed by atoms with Crippen molar-refractivity contribution in [2.45, 2.75) is 0 Å². The minimum absolute atomic E-state index is 0.251. The van der Waals surface area contributed by atoms with Crippen molar-refractivity contribution >= 4 is 0 Å². The van der Waals surface area contributed by atoms with Gasteiger partial charge in [0.05, 0.1) is 27.0 Å². The fraction of sp³-hybridized carbons (Fsp3) is 0.167. The third-order valence-electron chi connectivity index (χ3n) is 3.68. The number of benzene rings is 1. The van der Waals surface area contributed by atoms with Crippen molar-refractivity contribution in [2.24, 2.45) is 0 Å². The third kappa shape index (κ3) is 3.16. The number of rotatable bonds is 5. The van der Waals surface area contributed by atoms with Crippen LogP contribution in [0.1, 0.15) is 0 Å². The molecule has 0 amide bonds. The van der Waals surface area contributed by atoms with Crippen molar-refractivity contribution < 1.29 is 14.2 Å². The first-order valence-electron chi connectivity index (χ1n) is 7.48. The van der Waals surface area contributed by atoms with Crippen LogP contribution in [0.5, 0.6) is 17.2 Å². The second-order valence-corrected chi connectivity index (χ2v) is 5.12. The highest BCUT2D eigenvalue weighted by Crippen LogP contribution is 2.40. The molecular weight excluding hydrogens is 322 g/mol. The van der Waals surface area contributed by atoms with E-state index in [2.05, 4.69) is 15.0 Å². The minimum Gasteiger partial charge on any atom is -0.493 e. The van der Waals surface area contributed by atoms with E-state index < -0.39 is 0 Å². The van der Waals surface area contributed by atoms with Crippen LogP contribution in [0.25, 0.3) is 22.5 Å². The molecule has 0 saturated carbocycles. The van der Waals surface area contributed by atoms with Gasteiger partial charge in [-0.15, -0.1) is 0 Å². The second-order valence-electron chi connectivity index (χ2n) is 5.12. The van der Waals surface area contributed by atoms with E-state index in [4.69, 9.17) is 14.2 Å². The van der Waals surface area contributed by atoms with Gasteiger partial charge in [-0.25, -0.2) is 4.98 Å². The first-order chi connectivity index (χ1) is 12.2. The average molecular weight is 339 g/mol. The van der Waals surface area contributed by atoms with Gasteiger partial charge in [-0.2, -0.15) is 0 Å². The maximum absolute atomic E-state index is 12.3. The lowest BCUT2D eigenvalue weighted by atomic mass is 10.1. The number of pyridine rings is 1. The third-order valence-corrected chi connectivity index (χ3v) is 3.68. The lowest BCUT2D eigenvalue weighted by Gasteiger charge is -2.14. The summed E-state index contributed by atoms with van der Waals surface area (Å²) >= 11 is 0. The van der Waals surface area contributed by atoms with Crippen molar-refractivity contribution in [3.05, 3.63) is 53.2 Å². The van der Waals surface area contributed by atoms with Crippen LogP contribution in [-0.2, 0) is 0 Å². The summed E-state index contributed by atoms with van der Waals surface area (Å²) in [7, 11) is 4.56. The SMILES string of the molecule is COc1cc(-c2nc(-c3cccnc3)c[nH]c2=O)cc(OC)c1OC. The minimum atomic E-state index is -0.318. The van der Waals surface area contributed by atoms with Crippen molar-refractivity contribution in [1.82, 2.24) is 15.0 Å². The van der Waals surface area contributed by atoms with E-state index in [1.165, 1.54) is 21.3 Å². The van der Waals surface area contributed by atoms with Gasteiger partial charge >= 0.3 is 0 Å². The molecule has 25 heavy (non-hydrogen) atoms. The van der Waals surface area contributed by atoms with Crippen LogP contribution in [-0.4, -0.2) is 36.3 Å². The van der Waals surface area contributed by atoms with Crippen molar-refractivity contribution in [3.8, 4) is 39.8 Å². The molecule has 1 aromatic carbocycles. The molecule has 0 saturated heterocycles. The summed E-state index contributed by atoms with van der Waals surface area (Å²) in [5.41, 5.74) is 1.90. The van der Waals surface area contributed by atoms with E-state index in [0.717, 1.165) is 5.56 Å². The zero-order chi connectivity index (χ0) is 17.8. The topological polar surface area (TPSA) is 86.3 Å². The lowest BCUT2D eigenvalue weighted by Crippen LogP contribution is -2.11. The Morgan fingerprint density at radius 2 is 1.72 bits per heavy atom. The maximum Gasteiger partial charge on any atom is 0.274 e. The zero-order valence-corrected chi connectivity index (χ0v) is 14.1. The van der Waals surface area contributed by atoms with Gasteiger partial charge in [-0.05, 0) is 24.3 Å². The van der Waals surface area contributed by atoms with Crippen LogP contribution in [0, 0.1) is 0 Å². The Bertz CT molecular complexity index is 914. The fourth-order valence-corrected chi connectivity index (χ4v) is 2.48. The number of hydrogen-bond acceptors (Lipinski definition) is 6. The lowest BCUT2D eigenvalue weighted by molar-refractivity contribution is 0.324. The van der Waals surface area contributed by atoms with Crippen LogP contribution >= 0.6 is 0 Å². The smallest absolute Gasteiger partial charge is 0.274 e. The average Bonchev–Trinajstić information content (AvgIpc) is 2.67. The highest BCUT2D eigenvalue weighted by Gasteiger charge is 2.17. The molecule has 3 rings (SSSR count). The molecule has 0 fully saturated rings. The van der Waals surface area contributed by atoms with Gasteiger partial charge in [0.15, 0.2) is 11.5 Å². The van der Waals surface area contributed by atoms with E-state index in [9.17, 15) is 4.79 Å². The zero-order valence-electron chi connectivity index (χ0n) is 14.1. The molecule has 0 atom stereocenters. The van der Waals surface area contributed by atoms with Crippen molar-refractivity contribution in [3.63, 3.8) is 0 Å². The van der Waals surface area contributed by atoms with Crippen LogP contribution in [0.3, 0.4) is 0 Å². The van der Waals surface area contributed by atoms with Gasteiger partial charge in [0.1, 0.15) is 5.69 Å². The second kappa shape index (κ2) is 7.04. The van der Waals surface area contributed by atoms with Crippen LogP contribution < -0.4 is 19.8 Å². The predicted molar refractivity (Wildman–Crippen MR) is 93.2 cm³/mol. The van der Waals surface area contributed by atoms with Crippen molar-refractivity contribution in [1.29, 1.82) is 0 Å². The summed E-state index contributed by atoms with van der Waals surface area (Å²) in [4.78, 5) is 23.6. The molecule has 7 nitrogen and oxygen atoms in total. The van der Waals surface area contributed by atoms with Crippen LogP contribution in [0.4, 0.5) is 0 Å². The monoisotopic (exact) mass is 339 g/mol. The molecule has 3 aromatic rings. The number of hydrogen-bond donors (Lipinski definition) is 1. The van der Waals surface area contributed by atoms with Crippen LogP contribution in [0.15, 0.2) is 47.7 Å². The number of aromatic amines is 1. The molecular formula is C18H17N3O4. The van der Waals surface area contributed by atoms with E-state index in [1.807, 2.05) is 6.07 Å². The number of nitrogens with one attached hydrogen (secondary N) is 1. The Kier molecular flexibility index (Phi) is 4.65. The van der Waals surface area contributed by atoms with Gasteiger partial charge < -0.3 is 19.2 Å². The van der Waals surface area contributed by atoms with E-state index >= 15 is 0 Å². The number of nitrogens with zero attached hydrogens (tertiary/aromatic N) is 2. The highest BCUT2D eigenvalue weighted by atomic mass is 16.5. The number of H-pyrrole nitrogens is 1. The number of aromatic nitrogens is 3. The molecule has 0 aliphatic rings. The van der Waals surface area contributed by atoms with Gasteiger partial charge in [0, 0.05) is 29.7 Å². The molecule has 7 heteroatoms. The molecule has 2 heterocycles. The Labute approximate surface area is 144 Å². The Morgan fingerprint density at radius 1 is 1.00 bits per heavy atom. The molecule has 2 aromatic heterocycles. The first-order valence-corrected chi connectivity index (χ1v) is 7.48. The Hall–Kier alpha value is -3.35. The van der Waals surface area contributed by atoms with Crippen LogP contribution in [0.2, 0.25) is 0 Å². The molecule has 0 aliphatic carbocycles. The summed E-state index contributed by atoms with van der Waals surface area (Å²) in [6, 6.07) is 7.05. The molecule has 128 valence electrons. The molecule has 0 radical (unpaired) electrons. The van der Waals surface area contributed by atoms with Gasteiger partial charge in [-0.3, -0.25) is 9.78 Å². The Morgan fingerprint density at radius 3 is 2.28 bits per heavy atom. The molecule has 0 spiro atoms. The molecule has 0 unspecified atom stereocenters. The summed E-state index contributed by atoms with van der Waals surface area (Å²) in [6.45, 7) is 0. The highest BCUT2D eigenvalue weighted by molar-refractivity contribution is 5.70. The van der Waals surface area contributed by atoms with E-state index in [1.54, 1.807) is 36.8 Å². The van der Waals surface area contributed by atoms with E-state index in [-0.39, 0.29) is 11.3 Å². The quantitative estimate of drug-likeness (QED) is 0.769. The first kappa shape index (κ1) is 16.5. The Balaban J connectivity index is 2.18. The number of ether oxygens (including phenoxy) is 3. The van der Waals surface area contributed by atoms with Gasteiger partial charge in [-0.1, -0.05) is 0 Å². The molecule has 0 aliphatic heterocycles. The van der Waals surface area contributed by atoms with Gasteiger partial charge in [0.2, 0.25) is 5.75 Å². The summed E-state index contributed by atoms with van der Waals surface area (Å²) < 4.78 is 16.0. The standard InChI is InChI=1S/C18H17N3O4/c1-23-14-7-12(8-15(24-2)17(14)25-3)16-18(22)20-10-13(21-16)11-5-4-6-19-9-11/h4-10H,1-3H3,(H,20,22). The summed E-state index contributed by atoms with van der Waals surface area (Å²) in [5, 5.41) is 0. The normalized spacial score (nSPS) is 10.4. The largest absolute Gasteiger partial charge is 0.493 e. The van der Waals surface area contributed by atoms with Gasteiger partial charge in [0.25, 0.3) is 5.56 Å². The predicted octanol–water partition coefficient (Wildman–Crippen LogP) is 2.52. The molecule has 1 N–H and O–H groups in total. The molecule has 0 bridgehead atoms. The van der Waals surface area contributed by atoms with E-state index in [0.29, 0.717) is 28.5 Å². The fourth-order valence-electron chi connectivity index (χ4n) is 2.48. The van der Waals surface area contributed by atoms with Crippen molar-refractivity contribution in [2.75, 3.05) is 21.3 Å².